The van der Waals surface area contributed by atoms with Crippen molar-refractivity contribution in [3.05, 3.63) is 33.9 Å². The van der Waals surface area contributed by atoms with E-state index in [9.17, 15) is 19.7 Å². The van der Waals surface area contributed by atoms with E-state index in [4.69, 9.17) is 11.5 Å². The zero-order valence-electron chi connectivity index (χ0n) is 12.8. The summed E-state index contributed by atoms with van der Waals surface area (Å²) in [6.07, 6.45) is 2.13. The number of nitro groups is 1. The van der Waals surface area contributed by atoms with Crippen LogP contribution in [0.5, 0.6) is 0 Å². The first-order valence-electron chi connectivity index (χ1n) is 7.13. The molecule has 8 nitrogen and oxygen atoms in total. The van der Waals surface area contributed by atoms with E-state index in [1.54, 1.807) is 0 Å². The second kappa shape index (κ2) is 8.86. The van der Waals surface area contributed by atoms with E-state index in [2.05, 4.69) is 5.32 Å². The first kappa shape index (κ1) is 20.2. The van der Waals surface area contributed by atoms with Gasteiger partial charge in [0.2, 0.25) is 11.8 Å². The average molecular weight is 375 g/mol. The van der Waals surface area contributed by atoms with E-state index in [1.807, 2.05) is 0 Å². The molecule has 2 rings (SSSR count). The van der Waals surface area contributed by atoms with Crippen molar-refractivity contribution in [1.82, 2.24) is 5.32 Å². The molecule has 0 radical (unpaired) electrons. The van der Waals surface area contributed by atoms with Crippen LogP contribution in [-0.2, 0) is 4.79 Å². The minimum absolute atomic E-state index is 0. The number of benzene rings is 1. The molecule has 2 amide bonds. The summed E-state index contributed by atoms with van der Waals surface area (Å²) >= 11 is 1.04. The SMILES string of the molecule is Cl.NCC(NC(=O)CSc1ccc(C(N)=O)cc1[N+](=O)[O-])C1CC1. The summed E-state index contributed by atoms with van der Waals surface area (Å²) in [7, 11) is 0. The number of nitrogens with zero attached hydrogens (tertiary/aromatic N) is 1. The molecule has 1 atom stereocenters. The van der Waals surface area contributed by atoms with Gasteiger partial charge in [-0.3, -0.25) is 19.7 Å². The van der Waals surface area contributed by atoms with Crippen LogP contribution in [0.4, 0.5) is 5.69 Å². The Balaban J connectivity index is 0.00000288. The predicted octanol–water partition coefficient (Wildman–Crippen LogP) is 1.06. The van der Waals surface area contributed by atoms with Crippen LogP contribution in [0.2, 0.25) is 0 Å². The highest BCUT2D eigenvalue weighted by atomic mass is 35.5. The van der Waals surface area contributed by atoms with Crippen LogP contribution in [0.1, 0.15) is 23.2 Å². The van der Waals surface area contributed by atoms with Gasteiger partial charge in [-0.1, -0.05) is 0 Å². The molecule has 10 heteroatoms. The Kier molecular flexibility index (Phi) is 7.46. The quantitative estimate of drug-likeness (QED) is 0.353. The molecule has 0 aromatic heterocycles. The summed E-state index contributed by atoms with van der Waals surface area (Å²) in [5.41, 5.74) is 10.6. The normalized spacial score (nSPS) is 14.4. The Labute approximate surface area is 149 Å². The summed E-state index contributed by atoms with van der Waals surface area (Å²) in [5.74, 6) is -0.471. The number of hydrogen-bond donors (Lipinski definition) is 3. The van der Waals surface area contributed by atoms with E-state index < -0.39 is 10.8 Å². The van der Waals surface area contributed by atoms with Crippen molar-refractivity contribution >= 4 is 41.7 Å². The van der Waals surface area contributed by atoms with Crippen molar-refractivity contribution in [2.45, 2.75) is 23.8 Å². The Bertz CT molecular complexity index is 639. The largest absolute Gasteiger partial charge is 0.366 e. The van der Waals surface area contributed by atoms with Crippen molar-refractivity contribution < 1.29 is 14.5 Å². The first-order chi connectivity index (χ1) is 10.9. The number of thioether (sulfide) groups is 1. The van der Waals surface area contributed by atoms with Crippen LogP contribution in [0, 0.1) is 16.0 Å². The number of rotatable bonds is 8. The van der Waals surface area contributed by atoms with Gasteiger partial charge in [-0.05, 0) is 30.9 Å². The molecule has 0 heterocycles. The lowest BCUT2D eigenvalue weighted by atomic mass is 10.2. The molecule has 1 saturated carbocycles. The van der Waals surface area contributed by atoms with Gasteiger partial charge >= 0.3 is 0 Å². The van der Waals surface area contributed by atoms with Crippen LogP contribution in [-0.4, -0.2) is 35.1 Å². The van der Waals surface area contributed by atoms with E-state index in [0.717, 1.165) is 30.7 Å². The molecule has 5 N–H and O–H groups in total. The fraction of sp³-hybridized carbons (Fsp3) is 0.429. The third-order valence-corrected chi connectivity index (χ3v) is 4.65. The zero-order valence-corrected chi connectivity index (χ0v) is 14.4. The van der Waals surface area contributed by atoms with Crippen molar-refractivity contribution in [3.8, 4) is 0 Å². The zero-order chi connectivity index (χ0) is 17.0. The Hall–Kier alpha value is -1.84. The lowest BCUT2D eigenvalue weighted by molar-refractivity contribution is -0.387. The lowest BCUT2D eigenvalue weighted by Gasteiger charge is -2.15. The molecule has 0 aliphatic heterocycles. The van der Waals surface area contributed by atoms with Gasteiger partial charge in [0.1, 0.15) is 0 Å². The van der Waals surface area contributed by atoms with Gasteiger partial charge < -0.3 is 16.8 Å². The number of amides is 2. The monoisotopic (exact) mass is 374 g/mol. The summed E-state index contributed by atoms with van der Waals surface area (Å²) in [5, 5.41) is 13.9. The summed E-state index contributed by atoms with van der Waals surface area (Å²) in [6.45, 7) is 0.383. The minimum atomic E-state index is -0.738. The number of nitrogens with one attached hydrogen (secondary N) is 1. The van der Waals surface area contributed by atoms with Gasteiger partial charge in [0.25, 0.3) is 5.69 Å². The highest BCUT2D eigenvalue weighted by Crippen LogP contribution is 2.33. The highest BCUT2D eigenvalue weighted by molar-refractivity contribution is 8.00. The third-order valence-electron chi connectivity index (χ3n) is 3.59. The van der Waals surface area contributed by atoms with Crippen LogP contribution >= 0.6 is 24.2 Å². The molecular weight excluding hydrogens is 356 g/mol. The van der Waals surface area contributed by atoms with Crippen molar-refractivity contribution in [2.24, 2.45) is 17.4 Å². The molecule has 1 aliphatic carbocycles. The van der Waals surface area contributed by atoms with Gasteiger partial charge in [-0.25, -0.2) is 0 Å². The third kappa shape index (κ3) is 5.36. The fourth-order valence-electron chi connectivity index (χ4n) is 2.19. The number of halogens is 1. The summed E-state index contributed by atoms with van der Waals surface area (Å²) < 4.78 is 0. The highest BCUT2D eigenvalue weighted by Gasteiger charge is 2.31. The van der Waals surface area contributed by atoms with E-state index in [0.29, 0.717) is 17.4 Å². The second-order valence-electron chi connectivity index (χ2n) is 5.34. The molecule has 1 aromatic rings. The number of hydrogen-bond acceptors (Lipinski definition) is 6. The molecule has 24 heavy (non-hydrogen) atoms. The smallest absolute Gasteiger partial charge is 0.283 e. The topological polar surface area (TPSA) is 141 Å². The molecule has 132 valence electrons. The van der Waals surface area contributed by atoms with Gasteiger partial charge in [0, 0.05) is 24.2 Å². The number of carbonyl (C=O) groups excluding carboxylic acids is 2. The van der Waals surface area contributed by atoms with Crippen molar-refractivity contribution in [2.75, 3.05) is 12.3 Å². The van der Waals surface area contributed by atoms with Gasteiger partial charge in [-0.2, -0.15) is 0 Å². The Morgan fingerprint density at radius 2 is 2.08 bits per heavy atom. The predicted molar refractivity (Wildman–Crippen MR) is 93.3 cm³/mol. The maximum atomic E-state index is 11.9. The van der Waals surface area contributed by atoms with E-state index in [1.165, 1.54) is 12.1 Å². The van der Waals surface area contributed by atoms with Crippen molar-refractivity contribution in [3.63, 3.8) is 0 Å². The number of nitrogens with two attached hydrogens (primary N) is 2. The van der Waals surface area contributed by atoms with Crippen LogP contribution in [0.3, 0.4) is 0 Å². The van der Waals surface area contributed by atoms with Gasteiger partial charge in [0.15, 0.2) is 0 Å². The second-order valence-corrected chi connectivity index (χ2v) is 6.36. The van der Waals surface area contributed by atoms with Crippen LogP contribution in [0.25, 0.3) is 0 Å². The molecule has 0 saturated heterocycles. The standard InChI is InChI=1S/C14H18N4O4S.ClH/c15-6-10(8-1-2-8)17-13(19)7-23-12-4-3-9(14(16)20)5-11(12)18(21)22;/h3-5,8,10H,1-2,6-7,15H2,(H2,16,20)(H,17,19);1H. The Morgan fingerprint density at radius 1 is 1.42 bits per heavy atom. The first-order valence-corrected chi connectivity index (χ1v) is 8.11. The molecular formula is C14H19ClN4O4S. The molecule has 1 fully saturated rings. The van der Waals surface area contributed by atoms with Gasteiger partial charge in [-0.15, -0.1) is 24.2 Å². The van der Waals surface area contributed by atoms with Crippen LogP contribution in [0.15, 0.2) is 23.1 Å². The minimum Gasteiger partial charge on any atom is -0.366 e. The summed E-state index contributed by atoms with van der Waals surface area (Å²) in [6, 6.07) is 3.92. The summed E-state index contributed by atoms with van der Waals surface area (Å²) in [4.78, 5) is 33.8. The number of primary amides is 1. The van der Waals surface area contributed by atoms with Crippen molar-refractivity contribution in [1.29, 1.82) is 0 Å². The molecule has 1 aromatic carbocycles. The van der Waals surface area contributed by atoms with Gasteiger partial charge in [0.05, 0.1) is 15.6 Å². The van der Waals surface area contributed by atoms with E-state index >= 15 is 0 Å². The lowest BCUT2D eigenvalue weighted by Crippen LogP contribution is -2.42. The maximum Gasteiger partial charge on any atom is 0.283 e. The fourth-order valence-corrected chi connectivity index (χ4v) is 3.01. The molecule has 1 aliphatic rings. The number of nitro benzene ring substituents is 1. The Morgan fingerprint density at radius 3 is 2.58 bits per heavy atom. The molecule has 0 spiro atoms. The molecule has 0 bridgehead atoms. The average Bonchev–Trinajstić information content (AvgIpc) is 3.34. The number of carbonyl (C=O) groups is 2. The molecule has 1 unspecified atom stereocenters. The van der Waals surface area contributed by atoms with E-state index in [-0.39, 0.29) is 41.4 Å². The maximum absolute atomic E-state index is 11.9. The van der Waals surface area contributed by atoms with Crippen LogP contribution < -0.4 is 16.8 Å².